The molecule has 0 amide bonds. The maximum absolute atomic E-state index is 11.3. The lowest BCUT2D eigenvalue weighted by atomic mass is 10.00. The highest BCUT2D eigenvalue weighted by Gasteiger charge is 2.23. The van der Waals surface area contributed by atoms with Gasteiger partial charge in [-0.2, -0.15) is 5.10 Å². The van der Waals surface area contributed by atoms with Crippen LogP contribution >= 0.6 is 11.3 Å². The Hall–Kier alpha value is -3.52. The number of ether oxygens (including phenoxy) is 1. The molecule has 8 heteroatoms. The molecule has 0 aliphatic carbocycles. The Bertz CT molecular complexity index is 1260. The standard InChI is InChI=1S/C22H18N4O3S/c1-2-26-20(23-12-24-26)21-25-19-16-7-6-14(11-17(16)29-9-8-18(19)30-21)13-4-3-5-15(10-13)22(27)28/h3-7,10-12H,2,8-9H2,1H3,(H,27,28). The zero-order valence-electron chi connectivity index (χ0n) is 16.2. The average Bonchev–Trinajstić information content (AvgIpc) is 3.37. The van der Waals surface area contributed by atoms with Crippen LogP contribution in [0.4, 0.5) is 0 Å². The first-order chi connectivity index (χ1) is 14.6. The van der Waals surface area contributed by atoms with Crippen molar-refractivity contribution in [2.45, 2.75) is 19.9 Å². The van der Waals surface area contributed by atoms with E-state index in [1.165, 1.54) is 0 Å². The highest BCUT2D eigenvalue weighted by atomic mass is 32.1. The molecule has 0 saturated heterocycles. The predicted octanol–water partition coefficient (Wildman–Crippen LogP) is 4.39. The highest BCUT2D eigenvalue weighted by Crippen LogP contribution is 2.41. The van der Waals surface area contributed by atoms with Gasteiger partial charge in [0, 0.05) is 23.4 Å². The first-order valence-electron chi connectivity index (χ1n) is 9.63. The molecule has 0 radical (unpaired) electrons. The van der Waals surface area contributed by atoms with Crippen molar-refractivity contribution in [3.63, 3.8) is 0 Å². The molecular formula is C22H18N4O3S. The molecule has 1 aliphatic rings. The molecule has 4 aromatic rings. The first-order valence-corrected chi connectivity index (χ1v) is 10.4. The van der Waals surface area contributed by atoms with Crippen molar-refractivity contribution in [3.8, 4) is 39.0 Å². The molecule has 0 fully saturated rings. The van der Waals surface area contributed by atoms with Crippen LogP contribution in [0, 0.1) is 0 Å². The third-order valence-corrected chi connectivity index (χ3v) is 6.18. The van der Waals surface area contributed by atoms with Crippen LogP contribution in [0.3, 0.4) is 0 Å². The minimum Gasteiger partial charge on any atom is -0.492 e. The fourth-order valence-corrected chi connectivity index (χ4v) is 4.65. The largest absolute Gasteiger partial charge is 0.492 e. The summed E-state index contributed by atoms with van der Waals surface area (Å²) < 4.78 is 7.86. The topological polar surface area (TPSA) is 90.1 Å². The molecule has 0 unspecified atom stereocenters. The van der Waals surface area contributed by atoms with Gasteiger partial charge in [0.2, 0.25) is 0 Å². The summed E-state index contributed by atoms with van der Waals surface area (Å²) in [6, 6.07) is 12.8. The van der Waals surface area contributed by atoms with Gasteiger partial charge in [-0.3, -0.25) is 0 Å². The van der Waals surface area contributed by atoms with Crippen LogP contribution in [-0.2, 0) is 13.0 Å². The van der Waals surface area contributed by atoms with Crippen LogP contribution in [-0.4, -0.2) is 37.4 Å². The number of aryl methyl sites for hydroxylation is 1. The van der Waals surface area contributed by atoms with E-state index in [4.69, 9.17) is 9.72 Å². The number of carboxylic acid groups (broad SMARTS) is 1. The molecule has 7 nitrogen and oxygen atoms in total. The SMILES string of the molecule is CCn1ncnc1-c1nc2c(s1)CCOc1cc(-c3cccc(C(=O)O)c3)ccc1-2. The predicted molar refractivity (Wildman–Crippen MR) is 114 cm³/mol. The van der Waals surface area contributed by atoms with E-state index in [2.05, 4.69) is 10.1 Å². The monoisotopic (exact) mass is 418 g/mol. The van der Waals surface area contributed by atoms with Crippen LogP contribution in [0.5, 0.6) is 5.75 Å². The van der Waals surface area contributed by atoms with Crippen LogP contribution in [0.15, 0.2) is 48.8 Å². The van der Waals surface area contributed by atoms with Crippen LogP contribution in [0.2, 0.25) is 0 Å². The molecule has 0 bridgehead atoms. The number of aromatic nitrogens is 4. The summed E-state index contributed by atoms with van der Waals surface area (Å²) >= 11 is 1.63. The molecule has 2 aromatic carbocycles. The maximum Gasteiger partial charge on any atom is 0.335 e. The Kier molecular flexibility index (Phi) is 4.55. The van der Waals surface area contributed by atoms with E-state index in [9.17, 15) is 9.90 Å². The van der Waals surface area contributed by atoms with Gasteiger partial charge in [0.25, 0.3) is 0 Å². The van der Waals surface area contributed by atoms with Gasteiger partial charge in [0.05, 0.1) is 17.9 Å². The van der Waals surface area contributed by atoms with Gasteiger partial charge in [-0.15, -0.1) is 11.3 Å². The molecule has 1 aliphatic heterocycles. The number of nitrogens with zero attached hydrogens (tertiary/aromatic N) is 4. The Morgan fingerprint density at radius 3 is 2.93 bits per heavy atom. The molecule has 0 spiro atoms. The number of rotatable bonds is 4. The van der Waals surface area contributed by atoms with Crippen molar-refractivity contribution >= 4 is 17.3 Å². The van der Waals surface area contributed by atoms with Crippen LogP contribution in [0.1, 0.15) is 22.2 Å². The normalized spacial score (nSPS) is 12.6. The number of carbonyl (C=O) groups is 1. The van der Waals surface area contributed by atoms with Crippen LogP contribution in [0.25, 0.3) is 33.2 Å². The Morgan fingerprint density at radius 1 is 1.23 bits per heavy atom. The lowest BCUT2D eigenvalue weighted by Gasteiger charge is -2.10. The van der Waals surface area contributed by atoms with Crippen molar-refractivity contribution in [2.75, 3.05) is 6.61 Å². The average molecular weight is 418 g/mol. The number of fused-ring (bicyclic) bond motifs is 3. The Balaban J connectivity index is 1.57. The van der Waals surface area contributed by atoms with Crippen molar-refractivity contribution < 1.29 is 14.6 Å². The minimum atomic E-state index is -0.942. The van der Waals surface area contributed by atoms with Gasteiger partial charge >= 0.3 is 5.97 Å². The summed E-state index contributed by atoms with van der Waals surface area (Å²) in [4.78, 5) is 21.7. The maximum atomic E-state index is 11.3. The highest BCUT2D eigenvalue weighted by molar-refractivity contribution is 7.15. The molecule has 1 N–H and O–H groups in total. The zero-order chi connectivity index (χ0) is 20.7. The summed E-state index contributed by atoms with van der Waals surface area (Å²) in [7, 11) is 0. The van der Waals surface area contributed by atoms with Crippen molar-refractivity contribution in [3.05, 3.63) is 59.2 Å². The lowest BCUT2D eigenvalue weighted by Crippen LogP contribution is -1.99. The van der Waals surface area contributed by atoms with E-state index in [1.807, 2.05) is 35.9 Å². The van der Waals surface area contributed by atoms with Gasteiger partial charge < -0.3 is 9.84 Å². The number of hydrogen-bond acceptors (Lipinski definition) is 6. The minimum absolute atomic E-state index is 0.259. The summed E-state index contributed by atoms with van der Waals surface area (Å²) in [5.41, 5.74) is 3.85. The quantitative estimate of drug-likeness (QED) is 0.529. The van der Waals surface area contributed by atoms with Gasteiger partial charge in [0.1, 0.15) is 12.1 Å². The summed E-state index contributed by atoms with van der Waals surface area (Å²) in [6.45, 7) is 3.32. The Morgan fingerprint density at radius 2 is 2.10 bits per heavy atom. The number of aromatic carboxylic acids is 1. The van der Waals surface area contributed by atoms with Crippen molar-refractivity contribution in [2.24, 2.45) is 0 Å². The number of carboxylic acids is 1. The van der Waals surface area contributed by atoms with E-state index in [-0.39, 0.29) is 5.56 Å². The Labute approximate surface area is 176 Å². The van der Waals surface area contributed by atoms with Gasteiger partial charge in [-0.1, -0.05) is 18.2 Å². The van der Waals surface area contributed by atoms with Gasteiger partial charge in [-0.05, 0) is 42.3 Å². The molecule has 5 rings (SSSR count). The van der Waals surface area contributed by atoms with Crippen molar-refractivity contribution in [1.82, 2.24) is 19.7 Å². The smallest absolute Gasteiger partial charge is 0.335 e. The first kappa shape index (κ1) is 18.5. The fourth-order valence-electron chi connectivity index (χ4n) is 3.59. The second-order valence-corrected chi connectivity index (χ2v) is 7.97. The number of hydrogen-bond donors (Lipinski definition) is 1. The number of benzene rings is 2. The second-order valence-electron chi connectivity index (χ2n) is 6.89. The molecule has 3 heterocycles. The van der Waals surface area contributed by atoms with Gasteiger partial charge in [-0.25, -0.2) is 19.4 Å². The zero-order valence-corrected chi connectivity index (χ0v) is 17.0. The molecule has 2 aromatic heterocycles. The van der Waals surface area contributed by atoms with Gasteiger partial charge in [0.15, 0.2) is 10.8 Å². The summed E-state index contributed by atoms with van der Waals surface area (Å²) in [5, 5.41) is 14.4. The van der Waals surface area contributed by atoms with E-state index in [1.54, 1.807) is 35.9 Å². The second kappa shape index (κ2) is 7.38. The lowest BCUT2D eigenvalue weighted by molar-refractivity contribution is 0.0697. The molecule has 0 atom stereocenters. The molecule has 150 valence electrons. The van der Waals surface area contributed by atoms with E-state index < -0.39 is 5.97 Å². The molecule has 0 saturated carbocycles. The summed E-state index contributed by atoms with van der Waals surface area (Å²) in [5.74, 6) is 0.586. The fraction of sp³-hybridized carbons (Fsp3) is 0.182. The van der Waals surface area contributed by atoms with E-state index in [0.717, 1.165) is 56.8 Å². The third kappa shape index (κ3) is 3.15. The molecule has 30 heavy (non-hydrogen) atoms. The van der Waals surface area contributed by atoms with Crippen molar-refractivity contribution in [1.29, 1.82) is 0 Å². The van der Waals surface area contributed by atoms with Crippen LogP contribution < -0.4 is 4.74 Å². The number of thiazole rings is 1. The van der Waals surface area contributed by atoms with E-state index >= 15 is 0 Å². The third-order valence-electron chi connectivity index (χ3n) is 5.07. The van der Waals surface area contributed by atoms with E-state index in [0.29, 0.717) is 6.61 Å². The summed E-state index contributed by atoms with van der Waals surface area (Å²) in [6.07, 6.45) is 2.33. The molecular weight excluding hydrogens is 400 g/mol.